The number of esters is 1. The van der Waals surface area contributed by atoms with Crippen molar-refractivity contribution in [2.75, 3.05) is 0 Å². The molecule has 0 amide bonds. The Hall–Kier alpha value is -1.85. The minimum atomic E-state index is -1.33. The van der Waals surface area contributed by atoms with E-state index >= 15 is 0 Å². The average Bonchev–Trinajstić information content (AvgIpc) is 3.12. The largest absolute Gasteiger partial charge is 0.458 e. The van der Waals surface area contributed by atoms with E-state index in [1.165, 1.54) is 0 Å². The number of halogens is 1. The van der Waals surface area contributed by atoms with E-state index in [2.05, 4.69) is 5.10 Å². The van der Waals surface area contributed by atoms with Crippen LogP contribution in [0.25, 0.3) is 0 Å². The van der Waals surface area contributed by atoms with E-state index in [-0.39, 0.29) is 6.61 Å². The minimum absolute atomic E-state index is 0.0284. The number of aliphatic hydroxyl groups is 1. The Kier molecular flexibility index (Phi) is 4.92. The molecule has 0 spiro atoms. The highest BCUT2D eigenvalue weighted by Gasteiger charge is 2.40. The Labute approximate surface area is 146 Å². The van der Waals surface area contributed by atoms with Gasteiger partial charge in [-0.25, -0.2) is 9.48 Å². The number of aromatic nitrogens is 2. The summed E-state index contributed by atoms with van der Waals surface area (Å²) in [7, 11) is 0. The van der Waals surface area contributed by atoms with Crippen LogP contribution in [0.3, 0.4) is 0 Å². The number of ether oxygens (including phenoxy) is 1. The molecule has 24 heavy (non-hydrogen) atoms. The Morgan fingerprint density at radius 2 is 2.00 bits per heavy atom. The van der Waals surface area contributed by atoms with Gasteiger partial charge < -0.3 is 9.84 Å². The molecule has 128 valence electrons. The molecule has 1 fully saturated rings. The highest BCUT2D eigenvalue weighted by molar-refractivity contribution is 6.30. The second-order valence-corrected chi connectivity index (χ2v) is 6.67. The van der Waals surface area contributed by atoms with Crippen LogP contribution >= 0.6 is 11.6 Å². The lowest BCUT2D eigenvalue weighted by molar-refractivity contribution is -0.166. The predicted molar refractivity (Wildman–Crippen MR) is 90.7 cm³/mol. The second-order valence-electron chi connectivity index (χ2n) is 6.31. The molecule has 3 rings (SSSR count). The summed E-state index contributed by atoms with van der Waals surface area (Å²) in [5.74, 6) is -0.564. The van der Waals surface area contributed by atoms with Crippen molar-refractivity contribution in [3.05, 3.63) is 52.3 Å². The van der Waals surface area contributed by atoms with E-state index in [1.54, 1.807) is 4.68 Å². The zero-order valence-electron chi connectivity index (χ0n) is 13.7. The van der Waals surface area contributed by atoms with Gasteiger partial charge in [0.15, 0.2) is 5.60 Å². The lowest BCUT2D eigenvalue weighted by Crippen LogP contribution is -2.36. The summed E-state index contributed by atoms with van der Waals surface area (Å²) >= 11 is 6.40. The third kappa shape index (κ3) is 3.47. The summed E-state index contributed by atoms with van der Waals surface area (Å²) < 4.78 is 7.01. The zero-order chi connectivity index (χ0) is 17.2. The number of hydrogen-bond donors (Lipinski definition) is 1. The smallest absolute Gasteiger partial charge is 0.338 e. The van der Waals surface area contributed by atoms with Crippen LogP contribution < -0.4 is 0 Å². The van der Waals surface area contributed by atoms with Crippen molar-refractivity contribution >= 4 is 17.6 Å². The molecular formula is C18H21ClN2O3. The van der Waals surface area contributed by atoms with Gasteiger partial charge in [-0.15, -0.1) is 0 Å². The fourth-order valence-corrected chi connectivity index (χ4v) is 3.34. The first-order chi connectivity index (χ1) is 11.5. The van der Waals surface area contributed by atoms with Gasteiger partial charge in [-0.2, -0.15) is 5.10 Å². The maximum atomic E-state index is 12.1. The van der Waals surface area contributed by atoms with Crippen LogP contribution in [0.5, 0.6) is 0 Å². The number of nitrogens with zero attached hydrogens (tertiary/aromatic N) is 2. The van der Waals surface area contributed by atoms with Crippen LogP contribution in [0.4, 0.5) is 0 Å². The van der Waals surface area contributed by atoms with Crippen molar-refractivity contribution in [3.8, 4) is 0 Å². The number of hydrogen-bond acceptors (Lipinski definition) is 4. The molecule has 0 bridgehead atoms. The molecule has 1 N–H and O–H groups in total. The zero-order valence-corrected chi connectivity index (χ0v) is 14.4. The third-order valence-electron chi connectivity index (χ3n) is 4.52. The maximum absolute atomic E-state index is 12.1. The first-order valence-electron chi connectivity index (χ1n) is 8.15. The number of carbonyl (C=O) groups excluding carboxylic acids is 1. The molecule has 0 atom stereocenters. The number of rotatable bonds is 5. The first kappa shape index (κ1) is 17.0. The lowest BCUT2D eigenvalue weighted by atomic mass is 10.0. The SMILES string of the molecule is Cc1nn(Cc2ccccc2)c(Cl)c1COC(=O)C1(O)CCCC1. The Bertz CT molecular complexity index is 721. The van der Waals surface area contributed by atoms with Gasteiger partial charge in [0.2, 0.25) is 0 Å². The van der Waals surface area contributed by atoms with E-state index in [0.717, 1.165) is 24.1 Å². The van der Waals surface area contributed by atoms with Crippen LogP contribution in [0, 0.1) is 6.92 Å². The van der Waals surface area contributed by atoms with Crippen LogP contribution in [0.2, 0.25) is 5.15 Å². The normalized spacial score (nSPS) is 16.3. The monoisotopic (exact) mass is 348 g/mol. The molecule has 0 radical (unpaired) electrons. The molecule has 0 saturated heterocycles. The summed E-state index contributed by atoms with van der Waals surface area (Å²) in [5.41, 5.74) is 1.16. The Balaban J connectivity index is 1.69. The molecule has 1 aromatic heterocycles. The molecule has 1 aliphatic rings. The first-order valence-corrected chi connectivity index (χ1v) is 8.53. The van der Waals surface area contributed by atoms with Crippen LogP contribution in [-0.2, 0) is 22.7 Å². The summed E-state index contributed by atoms with van der Waals surface area (Å²) in [6, 6.07) is 9.89. The molecule has 6 heteroatoms. The molecular weight excluding hydrogens is 328 g/mol. The van der Waals surface area contributed by atoms with Gasteiger partial charge in [0.25, 0.3) is 0 Å². The molecule has 2 aromatic rings. The number of aryl methyl sites for hydroxylation is 1. The molecule has 1 aromatic carbocycles. The Morgan fingerprint density at radius 1 is 1.33 bits per heavy atom. The van der Waals surface area contributed by atoms with Crippen LogP contribution in [0.1, 0.15) is 42.5 Å². The van der Waals surface area contributed by atoms with Crippen LogP contribution in [-0.4, -0.2) is 26.5 Å². The van der Waals surface area contributed by atoms with Gasteiger partial charge in [0.05, 0.1) is 12.2 Å². The van der Waals surface area contributed by atoms with Crippen molar-refractivity contribution < 1.29 is 14.6 Å². The van der Waals surface area contributed by atoms with Crippen molar-refractivity contribution in [1.29, 1.82) is 0 Å². The highest BCUT2D eigenvalue weighted by Crippen LogP contribution is 2.31. The maximum Gasteiger partial charge on any atom is 0.338 e. The van der Waals surface area contributed by atoms with Gasteiger partial charge in [-0.05, 0) is 38.2 Å². The highest BCUT2D eigenvalue weighted by atomic mass is 35.5. The van der Waals surface area contributed by atoms with Crippen molar-refractivity contribution in [1.82, 2.24) is 9.78 Å². The summed E-state index contributed by atoms with van der Waals surface area (Å²) in [6.07, 6.45) is 2.62. The minimum Gasteiger partial charge on any atom is -0.458 e. The second kappa shape index (κ2) is 6.95. The van der Waals surface area contributed by atoms with E-state index in [1.807, 2.05) is 37.3 Å². The molecule has 0 aliphatic heterocycles. The predicted octanol–water partition coefficient (Wildman–Crippen LogP) is 3.24. The van der Waals surface area contributed by atoms with E-state index in [0.29, 0.717) is 30.1 Å². The summed E-state index contributed by atoms with van der Waals surface area (Å²) in [6.45, 7) is 2.42. The molecule has 5 nitrogen and oxygen atoms in total. The summed E-state index contributed by atoms with van der Waals surface area (Å²) in [4.78, 5) is 12.1. The number of benzene rings is 1. The van der Waals surface area contributed by atoms with Gasteiger partial charge in [-0.1, -0.05) is 41.9 Å². The third-order valence-corrected chi connectivity index (χ3v) is 4.94. The van der Waals surface area contributed by atoms with Gasteiger partial charge in [0.1, 0.15) is 11.8 Å². The lowest BCUT2D eigenvalue weighted by Gasteiger charge is -2.19. The topological polar surface area (TPSA) is 64.4 Å². The van der Waals surface area contributed by atoms with E-state index in [4.69, 9.17) is 16.3 Å². The Morgan fingerprint density at radius 3 is 2.67 bits per heavy atom. The van der Waals surface area contributed by atoms with Crippen molar-refractivity contribution in [2.45, 2.75) is 51.4 Å². The van der Waals surface area contributed by atoms with Gasteiger partial charge in [0, 0.05) is 5.56 Å². The fraction of sp³-hybridized carbons (Fsp3) is 0.444. The standard InChI is InChI=1S/C18H21ClN2O3/c1-13-15(12-24-17(22)18(23)9-5-6-10-18)16(19)21(20-13)11-14-7-3-2-4-8-14/h2-4,7-8,23H,5-6,9-12H2,1H3. The quantitative estimate of drug-likeness (QED) is 0.842. The van der Waals surface area contributed by atoms with Gasteiger partial charge >= 0.3 is 5.97 Å². The summed E-state index contributed by atoms with van der Waals surface area (Å²) in [5, 5.41) is 15.1. The van der Waals surface area contributed by atoms with E-state index in [9.17, 15) is 9.90 Å². The average molecular weight is 349 g/mol. The van der Waals surface area contributed by atoms with E-state index < -0.39 is 11.6 Å². The van der Waals surface area contributed by atoms with Crippen molar-refractivity contribution in [3.63, 3.8) is 0 Å². The number of carbonyl (C=O) groups is 1. The molecule has 1 aliphatic carbocycles. The van der Waals surface area contributed by atoms with Crippen LogP contribution in [0.15, 0.2) is 30.3 Å². The molecule has 1 heterocycles. The molecule has 1 saturated carbocycles. The fourth-order valence-electron chi connectivity index (χ4n) is 3.05. The van der Waals surface area contributed by atoms with Crippen molar-refractivity contribution in [2.24, 2.45) is 0 Å². The molecule has 0 unspecified atom stereocenters. The van der Waals surface area contributed by atoms with Gasteiger partial charge in [-0.3, -0.25) is 0 Å².